The minimum absolute atomic E-state index is 0.246. The molecule has 2 aliphatic rings. The maximum Gasteiger partial charge on any atom is 0.254 e. The SMILES string of the molecule is COC[C@H]1O[C@H]2SC(=Nc3cn(C)c4cccc(OC)c34)O[C@@H]2[C@@H](OC)[C@@H]1OC. The van der Waals surface area contributed by atoms with E-state index in [0.29, 0.717) is 11.8 Å². The van der Waals surface area contributed by atoms with Crippen molar-refractivity contribution in [1.29, 1.82) is 0 Å². The fourth-order valence-corrected chi connectivity index (χ4v) is 5.05. The van der Waals surface area contributed by atoms with Crippen LogP contribution in [0.1, 0.15) is 0 Å². The lowest BCUT2D eigenvalue weighted by Crippen LogP contribution is -2.58. The van der Waals surface area contributed by atoms with Gasteiger partial charge in [0.05, 0.1) is 30.3 Å². The summed E-state index contributed by atoms with van der Waals surface area (Å²) in [7, 11) is 8.58. The molecule has 29 heavy (non-hydrogen) atoms. The van der Waals surface area contributed by atoms with Crippen molar-refractivity contribution in [2.45, 2.75) is 29.9 Å². The number of aryl methyl sites for hydroxylation is 1. The monoisotopic (exact) mass is 422 g/mol. The largest absolute Gasteiger partial charge is 0.496 e. The Balaban J connectivity index is 1.66. The highest BCUT2D eigenvalue weighted by atomic mass is 32.2. The van der Waals surface area contributed by atoms with E-state index in [-0.39, 0.29) is 29.9 Å². The second-order valence-corrected chi connectivity index (χ2v) is 8.01. The normalized spacial score (nSPS) is 30.5. The lowest BCUT2D eigenvalue weighted by Gasteiger charge is -2.41. The Kier molecular flexibility index (Phi) is 6.03. The van der Waals surface area contributed by atoms with Gasteiger partial charge in [-0.1, -0.05) is 6.07 Å². The van der Waals surface area contributed by atoms with Gasteiger partial charge in [-0.3, -0.25) is 0 Å². The van der Waals surface area contributed by atoms with E-state index in [0.717, 1.165) is 22.3 Å². The van der Waals surface area contributed by atoms with Crippen LogP contribution in [-0.2, 0) is 30.7 Å². The predicted molar refractivity (Wildman–Crippen MR) is 111 cm³/mol. The molecule has 0 spiro atoms. The van der Waals surface area contributed by atoms with Crippen LogP contribution >= 0.6 is 11.8 Å². The second kappa shape index (κ2) is 8.53. The third-order valence-electron chi connectivity index (χ3n) is 5.31. The highest BCUT2D eigenvalue weighted by Crippen LogP contribution is 2.42. The van der Waals surface area contributed by atoms with E-state index in [2.05, 4.69) is 0 Å². The maximum atomic E-state index is 6.19. The van der Waals surface area contributed by atoms with Gasteiger partial charge in [0.2, 0.25) is 0 Å². The number of thioether (sulfide) groups is 1. The lowest BCUT2D eigenvalue weighted by molar-refractivity contribution is -0.215. The van der Waals surface area contributed by atoms with Crippen molar-refractivity contribution in [2.75, 3.05) is 35.0 Å². The molecule has 0 radical (unpaired) electrons. The van der Waals surface area contributed by atoms with Gasteiger partial charge in [0.25, 0.3) is 5.23 Å². The van der Waals surface area contributed by atoms with Gasteiger partial charge in [0.1, 0.15) is 24.1 Å². The van der Waals surface area contributed by atoms with Crippen molar-refractivity contribution in [3.05, 3.63) is 24.4 Å². The smallest absolute Gasteiger partial charge is 0.254 e. The van der Waals surface area contributed by atoms with Crippen LogP contribution < -0.4 is 4.74 Å². The van der Waals surface area contributed by atoms with Crippen LogP contribution in [0.15, 0.2) is 29.4 Å². The Morgan fingerprint density at radius 1 is 1.14 bits per heavy atom. The van der Waals surface area contributed by atoms with E-state index in [4.69, 9.17) is 33.4 Å². The molecule has 9 heteroatoms. The van der Waals surface area contributed by atoms with Gasteiger partial charge in [-0.2, -0.15) is 0 Å². The first-order valence-corrected chi connectivity index (χ1v) is 10.2. The summed E-state index contributed by atoms with van der Waals surface area (Å²) in [6.45, 7) is 0.412. The Bertz CT molecular complexity index is 900. The quantitative estimate of drug-likeness (QED) is 0.709. The molecular weight excluding hydrogens is 396 g/mol. The first-order valence-electron chi connectivity index (χ1n) is 9.35. The minimum atomic E-state index is -0.321. The highest BCUT2D eigenvalue weighted by molar-refractivity contribution is 8.14. The van der Waals surface area contributed by atoms with E-state index in [1.54, 1.807) is 28.4 Å². The van der Waals surface area contributed by atoms with E-state index >= 15 is 0 Å². The van der Waals surface area contributed by atoms with E-state index in [1.807, 2.05) is 36.0 Å². The zero-order chi connectivity index (χ0) is 20.5. The standard InChI is InChI=1S/C20H26N2O6S/c1-22-9-11(15-12(22)7-6-8-13(15)24-3)21-20-28-18-17(26-5)16(25-4)14(10-23-2)27-19(18)29-20/h6-9,14,16-19H,10H2,1-5H3/t14-,16-,17+,18-,19+/m1/s1. The number of methoxy groups -OCH3 is 4. The van der Waals surface area contributed by atoms with Crippen LogP contribution in [0.2, 0.25) is 0 Å². The van der Waals surface area contributed by atoms with Crippen LogP contribution in [0.25, 0.3) is 10.9 Å². The third kappa shape index (κ3) is 3.62. The van der Waals surface area contributed by atoms with Gasteiger partial charge in [-0.25, -0.2) is 4.99 Å². The molecule has 8 nitrogen and oxygen atoms in total. The molecular formula is C20H26N2O6S. The van der Waals surface area contributed by atoms with E-state index in [1.165, 1.54) is 11.8 Å². The number of aliphatic imine (C=N–C) groups is 1. The predicted octanol–water partition coefficient (Wildman–Crippen LogP) is 2.71. The topological polar surface area (TPSA) is 72.7 Å². The summed E-state index contributed by atoms with van der Waals surface area (Å²) in [4.78, 5) is 4.78. The average molecular weight is 423 g/mol. The van der Waals surface area contributed by atoms with E-state index in [9.17, 15) is 0 Å². The van der Waals surface area contributed by atoms with Crippen LogP contribution in [0.3, 0.4) is 0 Å². The zero-order valence-electron chi connectivity index (χ0n) is 17.2. The average Bonchev–Trinajstić information content (AvgIpc) is 3.27. The summed E-state index contributed by atoms with van der Waals surface area (Å²) < 4.78 is 36.6. The van der Waals surface area contributed by atoms with Crippen molar-refractivity contribution >= 4 is 33.6 Å². The highest BCUT2D eigenvalue weighted by Gasteiger charge is 2.52. The maximum absolute atomic E-state index is 6.19. The third-order valence-corrected chi connectivity index (χ3v) is 6.31. The first-order chi connectivity index (χ1) is 14.1. The Morgan fingerprint density at radius 3 is 2.62 bits per heavy atom. The molecule has 2 aromatic rings. The van der Waals surface area contributed by atoms with Gasteiger partial charge in [-0.05, 0) is 23.9 Å². The molecule has 3 heterocycles. The molecule has 2 saturated heterocycles. The summed E-state index contributed by atoms with van der Waals surface area (Å²) in [5.41, 5.74) is 1.57. The van der Waals surface area contributed by atoms with Gasteiger partial charge in [0.15, 0.2) is 11.5 Å². The van der Waals surface area contributed by atoms with Gasteiger partial charge in [-0.15, -0.1) is 0 Å². The number of rotatable bonds is 6. The molecule has 5 atom stereocenters. The Hall–Kier alpha value is -1.78. The molecule has 4 rings (SSSR count). The van der Waals surface area contributed by atoms with Crippen molar-refractivity contribution < 1.29 is 28.4 Å². The summed E-state index contributed by atoms with van der Waals surface area (Å²) >= 11 is 1.45. The van der Waals surface area contributed by atoms with Gasteiger partial charge in [0, 0.05) is 34.6 Å². The van der Waals surface area contributed by atoms with Gasteiger partial charge < -0.3 is 33.0 Å². The summed E-state index contributed by atoms with van der Waals surface area (Å²) in [6.07, 6.45) is 0.815. The van der Waals surface area contributed by atoms with Crippen molar-refractivity contribution in [2.24, 2.45) is 12.0 Å². The molecule has 2 aliphatic heterocycles. The number of ether oxygens (including phenoxy) is 6. The van der Waals surface area contributed by atoms with E-state index < -0.39 is 0 Å². The number of fused-ring (bicyclic) bond motifs is 2. The fraction of sp³-hybridized carbons (Fsp3) is 0.550. The van der Waals surface area contributed by atoms with Crippen LogP contribution in [-0.4, -0.2) is 74.7 Å². The lowest BCUT2D eigenvalue weighted by atomic mass is 9.99. The summed E-state index contributed by atoms with van der Waals surface area (Å²) in [5.74, 6) is 0.772. The second-order valence-electron chi connectivity index (χ2n) is 6.96. The molecule has 0 aliphatic carbocycles. The molecule has 0 N–H and O–H groups in total. The van der Waals surface area contributed by atoms with Crippen LogP contribution in [0.4, 0.5) is 5.69 Å². The molecule has 0 saturated carbocycles. The van der Waals surface area contributed by atoms with Crippen molar-refractivity contribution in [1.82, 2.24) is 4.57 Å². The van der Waals surface area contributed by atoms with Crippen molar-refractivity contribution in [3.63, 3.8) is 0 Å². The molecule has 0 unspecified atom stereocenters. The van der Waals surface area contributed by atoms with Gasteiger partial charge >= 0.3 is 0 Å². The minimum Gasteiger partial charge on any atom is -0.496 e. The number of nitrogens with zero attached hydrogens (tertiary/aromatic N) is 2. The molecule has 1 aromatic carbocycles. The molecule has 0 amide bonds. The Labute approximate surface area is 174 Å². The number of hydrogen-bond donors (Lipinski definition) is 0. The molecule has 2 fully saturated rings. The summed E-state index contributed by atoms with van der Waals surface area (Å²) in [5, 5.41) is 1.48. The fourth-order valence-electron chi connectivity index (χ4n) is 3.99. The number of benzene rings is 1. The number of aromatic nitrogens is 1. The zero-order valence-corrected chi connectivity index (χ0v) is 18.0. The number of hydrogen-bond acceptors (Lipinski definition) is 8. The Morgan fingerprint density at radius 2 is 1.93 bits per heavy atom. The van der Waals surface area contributed by atoms with Crippen LogP contribution in [0, 0.1) is 0 Å². The first kappa shape index (κ1) is 20.5. The van der Waals surface area contributed by atoms with Crippen molar-refractivity contribution in [3.8, 4) is 5.75 Å². The molecule has 158 valence electrons. The summed E-state index contributed by atoms with van der Waals surface area (Å²) in [6, 6.07) is 5.93. The molecule has 0 bridgehead atoms. The van der Waals surface area contributed by atoms with Crippen LogP contribution in [0.5, 0.6) is 5.75 Å². The molecule has 1 aromatic heterocycles.